The van der Waals surface area contributed by atoms with Crippen LogP contribution < -0.4 is 0 Å². The SMILES string of the molecule is Cc1nn(COCC[Si](C)(C)C)cc1C(=O)O. The van der Waals surface area contributed by atoms with Crippen LogP contribution in [0.4, 0.5) is 0 Å². The number of aromatic nitrogens is 2. The van der Waals surface area contributed by atoms with E-state index < -0.39 is 14.0 Å². The third-order valence-corrected chi connectivity index (χ3v) is 4.10. The van der Waals surface area contributed by atoms with Gasteiger partial charge in [-0.15, -0.1) is 0 Å². The van der Waals surface area contributed by atoms with Crippen LogP contribution in [0.25, 0.3) is 0 Å². The zero-order chi connectivity index (χ0) is 13.1. The number of hydrogen-bond acceptors (Lipinski definition) is 3. The van der Waals surface area contributed by atoms with Crippen LogP contribution in [0.5, 0.6) is 0 Å². The first-order valence-corrected chi connectivity index (χ1v) is 9.35. The normalized spacial score (nSPS) is 11.8. The van der Waals surface area contributed by atoms with Gasteiger partial charge in [0.25, 0.3) is 0 Å². The Morgan fingerprint density at radius 1 is 1.53 bits per heavy atom. The van der Waals surface area contributed by atoms with Gasteiger partial charge in [-0.05, 0) is 13.0 Å². The van der Waals surface area contributed by atoms with Crippen molar-refractivity contribution in [3.8, 4) is 0 Å². The monoisotopic (exact) mass is 256 g/mol. The quantitative estimate of drug-likeness (QED) is 0.626. The third-order valence-electron chi connectivity index (χ3n) is 2.40. The molecule has 5 nitrogen and oxygen atoms in total. The van der Waals surface area contributed by atoms with Crippen LogP contribution in [-0.4, -0.2) is 35.5 Å². The molecule has 6 heteroatoms. The number of rotatable bonds is 6. The van der Waals surface area contributed by atoms with Crippen LogP contribution in [0.2, 0.25) is 25.7 Å². The maximum absolute atomic E-state index is 10.8. The molecule has 0 amide bonds. The molecule has 0 radical (unpaired) electrons. The molecule has 1 heterocycles. The van der Waals surface area contributed by atoms with Crippen LogP contribution in [0.15, 0.2) is 6.20 Å². The second-order valence-electron chi connectivity index (χ2n) is 5.32. The van der Waals surface area contributed by atoms with Crippen molar-refractivity contribution in [1.29, 1.82) is 0 Å². The molecule has 0 aliphatic heterocycles. The lowest BCUT2D eigenvalue weighted by Gasteiger charge is -2.15. The molecule has 17 heavy (non-hydrogen) atoms. The summed E-state index contributed by atoms with van der Waals surface area (Å²) in [6.07, 6.45) is 1.51. The average Bonchev–Trinajstić information content (AvgIpc) is 2.53. The van der Waals surface area contributed by atoms with Gasteiger partial charge in [0.05, 0.1) is 5.69 Å². The highest BCUT2D eigenvalue weighted by atomic mass is 28.3. The molecule has 0 aliphatic carbocycles. The van der Waals surface area contributed by atoms with Crippen molar-refractivity contribution in [3.05, 3.63) is 17.5 Å². The van der Waals surface area contributed by atoms with Gasteiger partial charge in [-0.2, -0.15) is 5.10 Å². The Bertz CT molecular complexity index is 396. The lowest BCUT2D eigenvalue weighted by atomic mass is 10.3. The summed E-state index contributed by atoms with van der Waals surface area (Å²) in [6.45, 7) is 9.57. The van der Waals surface area contributed by atoms with E-state index in [0.29, 0.717) is 19.0 Å². The fourth-order valence-electron chi connectivity index (χ4n) is 1.33. The number of carboxylic acid groups (broad SMARTS) is 1. The predicted octanol–water partition coefficient (Wildman–Crippen LogP) is 2.20. The van der Waals surface area contributed by atoms with E-state index in [9.17, 15) is 4.79 Å². The van der Waals surface area contributed by atoms with E-state index in [2.05, 4.69) is 24.7 Å². The Kier molecular flexibility index (Phi) is 4.47. The van der Waals surface area contributed by atoms with Crippen LogP contribution in [0.3, 0.4) is 0 Å². The second kappa shape index (κ2) is 5.46. The first-order chi connectivity index (χ1) is 7.79. The Balaban J connectivity index is 2.43. The van der Waals surface area contributed by atoms with Gasteiger partial charge in [0.1, 0.15) is 12.3 Å². The van der Waals surface area contributed by atoms with E-state index in [1.165, 1.54) is 10.9 Å². The molecule has 0 saturated heterocycles. The number of nitrogens with zero attached hydrogens (tertiary/aromatic N) is 2. The maximum Gasteiger partial charge on any atom is 0.339 e. The molecular weight excluding hydrogens is 236 g/mol. The standard InChI is InChI=1S/C11H20N2O3Si/c1-9-10(11(14)15)7-13(12-9)8-16-5-6-17(2,3)4/h7H,5-6,8H2,1-4H3,(H,14,15). The topological polar surface area (TPSA) is 64.4 Å². The second-order valence-corrected chi connectivity index (χ2v) is 10.9. The number of ether oxygens (including phenoxy) is 1. The molecule has 0 saturated carbocycles. The van der Waals surface area contributed by atoms with Crippen molar-refractivity contribution in [3.63, 3.8) is 0 Å². The highest BCUT2D eigenvalue weighted by Gasteiger charge is 2.13. The number of aromatic carboxylic acids is 1. The van der Waals surface area contributed by atoms with Crippen molar-refractivity contribution < 1.29 is 14.6 Å². The molecule has 0 unspecified atom stereocenters. The van der Waals surface area contributed by atoms with Gasteiger partial charge in [0, 0.05) is 20.9 Å². The molecule has 0 atom stereocenters. The number of hydrogen-bond donors (Lipinski definition) is 1. The van der Waals surface area contributed by atoms with Gasteiger partial charge in [-0.25, -0.2) is 9.48 Å². The van der Waals surface area contributed by atoms with Crippen molar-refractivity contribution in [1.82, 2.24) is 9.78 Å². The third kappa shape index (κ3) is 4.70. The summed E-state index contributed by atoms with van der Waals surface area (Å²) in [6, 6.07) is 1.10. The van der Waals surface area contributed by atoms with Gasteiger partial charge < -0.3 is 9.84 Å². The smallest absolute Gasteiger partial charge is 0.339 e. The molecule has 0 aliphatic rings. The summed E-state index contributed by atoms with van der Waals surface area (Å²) in [4.78, 5) is 10.8. The number of carboxylic acids is 1. The maximum atomic E-state index is 10.8. The van der Waals surface area contributed by atoms with Gasteiger partial charge in [0.2, 0.25) is 0 Å². The van der Waals surface area contributed by atoms with Crippen LogP contribution >= 0.6 is 0 Å². The Hall–Kier alpha value is -1.14. The van der Waals surface area contributed by atoms with Crippen molar-refractivity contribution >= 4 is 14.0 Å². The van der Waals surface area contributed by atoms with Crippen molar-refractivity contribution in [2.45, 2.75) is 39.3 Å². The van der Waals surface area contributed by atoms with Crippen molar-refractivity contribution in [2.75, 3.05) is 6.61 Å². The summed E-state index contributed by atoms with van der Waals surface area (Å²) in [5.41, 5.74) is 0.755. The highest BCUT2D eigenvalue weighted by Crippen LogP contribution is 2.09. The highest BCUT2D eigenvalue weighted by molar-refractivity contribution is 6.76. The van der Waals surface area contributed by atoms with E-state index in [1.807, 2.05) is 0 Å². The summed E-state index contributed by atoms with van der Waals surface area (Å²) >= 11 is 0. The molecule has 0 bridgehead atoms. The lowest BCUT2D eigenvalue weighted by Crippen LogP contribution is -2.22. The van der Waals surface area contributed by atoms with Crippen molar-refractivity contribution in [2.24, 2.45) is 0 Å². The minimum absolute atomic E-state index is 0.235. The zero-order valence-corrected chi connectivity index (χ0v) is 11.9. The fraction of sp³-hybridized carbons (Fsp3) is 0.636. The number of aryl methyl sites for hydroxylation is 1. The molecule has 1 aromatic rings. The first-order valence-electron chi connectivity index (χ1n) is 5.65. The van der Waals surface area contributed by atoms with Crippen LogP contribution in [-0.2, 0) is 11.5 Å². The largest absolute Gasteiger partial charge is 0.478 e. The van der Waals surface area contributed by atoms with E-state index in [1.54, 1.807) is 6.92 Å². The average molecular weight is 256 g/mol. The first kappa shape index (κ1) is 13.9. The fourth-order valence-corrected chi connectivity index (χ4v) is 2.09. The van der Waals surface area contributed by atoms with Gasteiger partial charge in [0.15, 0.2) is 0 Å². The Morgan fingerprint density at radius 3 is 2.65 bits per heavy atom. The molecule has 0 spiro atoms. The summed E-state index contributed by atoms with van der Waals surface area (Å²) in [7, 11) is -1.07. The van der Waals surface area contributed by atoms with Crippen LogP contribution in [0.1, 0.15) is 16.1 Å². The molecule has 1 rings (SSSR count). The minimum atomic E-state index is -1.07. The number of carbonyl (C=O) groups is 1. The summed E-state index contributed by atoms with van der Waals surface area (Å²) in [5.74, 6) is -0.948. The molecule has 1 N–H and O–H groups in total. The van der Waals surface area contributed by atoms with E-state index in [-0.39, 0.29) is 5.56 Å². The van der Waals surface area contributed by atoms with Gasteiger partial charge in [-0.1, -0.05) is 19.6 Å². The molecule has 1 aromatic heterocycles. The molecule has 0 fully saturated rings. The molecular formula is C11H20N2O3Si. The van der Waals surface area contributed by atoms with Crippen LogP contribution in [0, 0.1) is 6.92 Å². The Morgan fingerprint density at radius 2 is 2.18 bits per heavy atom. The summed E-state index contributed by atoms with van der Waals surface area (Å²) in [5, 5.41) is 13.0. The Labute approximate surface area is 102 Å². The zero-order valence-electron chi connectivity index (χ0n) is 10.9. The van der Waals surface area contributed by atoms with E-state index >= 15 is 0 Å². The van der Waals surface area contributed by atoms with Gasteiger partial charge >= 0.3 is 5.97 Å². The van der Waals surface area contributed by atoms with E-state index in [4.69, 9.17) is 9.84 Å². The summed E-state index contributed by atoms with van der Waals surface area (Å²) < 4.78 is 7.02. The van der Waals surface area contributed by atoms with E-state index in [0.717, 1.165) is 6.04 Å². The molecule has 0 aromatic carbocycles. The predicted molar refractivity (Wildman–Crippen MR) is 68.0 cm³/mol. The van der Waals surface area contributed by atoms with Gasteiger partial charge in [-0.3, -0.25) is 0 Å². The lowest BCUT2D eigenvalue weighted by molar-refractivity contribution is 0.0693. The minimum Gasteiger partial charge on any atom is -0.478 e. The molecule has 96 valence electrons.